The van der Waals surface area contributed by atoms with Crippen LogP contribution in [0.4, 0.5) is 0 Å². The number of likely N-dealkylation sites (tertiary alicyclic amines) is 2. The number of fused-ring (bicyclic) bond motifs is 1. The summed E-state index contributed by atoms with van der Waals surface area (Å²) < 4.78 is 0. The number of benzene rings is 1. The topological polar surface area (TPSA) is 35.6 Å². The van der Waals surface area contributed by atoms with Crippen molar-refractivity contribution in [2.24, 2.45) is 5.92 Å². The molecule has 2 heterocycles. The van der Waals surface area contributed by atoms with Crippen molar-refractivity contribution in [3.05, 3.63) is 35.4 Å². The standard InChI is InChI=1S/C24H37N3OS/c1-29-15-5-11-25-24(28)21-8-4-12-27(18-21)22-9-13-26(14-10-22)23-16-19-6-2-3-7-20(19)17-23/h2-3,6-7,21-23H,4-5,8-18H2,1H3,(H,25,28)/t21-/m1/s1. The van der Waals surface area contributed by atoms with E-state index in [1.807, 2.05) is 11.8 Å². The van der Waals surface area contributed by atoms with Crippen molar-refractivity contribution in [2.75, 3.05) is 44.7 Å². The Labute approximate surface area is 180 Å². The summed E-state index contributed by atoms with van der Waals surface area (Å²) in [4.78, 5) is 17.9. The minimum absolute atomic E-state index is 0.195. The van der Waals surface area contributed by atoms with E-state index in [1.54, 1.807) is 11.1 Å². The van der Waals surface area contributed by atoms with Gasteiger partial charge < -0.3 is 5.32 Å². The zero-order valence-corrected chi connectivity index (χ0v) is 18.8. The minimum atomic E-state index is 0.195. The maximum atomic E-state index is 12.6. The minimum Gasteiger partial charge on any atom is -0.356 e. The lowest BCUT2D eigenvalue weighted by Gasteiger charge is -2.43. The molecular formula is C24H37N3OS. The Morgan fingerprint density at radius 3 is 2.45 bits per heavy atom. The molecule has 0 radical (unpaired) electrons. The number of thioether (sulfide) groups is 1. The molecule has 1 amide bonds. The van der Waals surface area contributed by atoms with Crippen LogP contribution in [0.25, 0.3) is 0 Å². The van der Waals surface area contributed by atoms with Gasteiger partial charge in [-0.15, -0.1) is 0 Å². The zero-order valence-electron chi connectivity index (χ0n) is 17.9. The third-order valence-corrected chi connectivity index (χ3v) is 7.91. The summed E-state index contributed by atoms with van der Waals surface area (Å²) >= 11 is 1.85. The maximum Gasteiger partial charge on any atom is 0.224 e. The lowest BCUT2D eigenvalue weighted by Crippen LogP contribution is -2.52. The third-order valence-electron chi connectivity index (χ3n) is 7.21. The fourth-order valence-corrected chi connectivity index (χ4v) is 5.97. The van der Waals surface area contributed by atoms with E-state index >= 15 is 0 Å². The molecule has 5 heteroatoms. The van der Waals surface area contributed by atoms with Crippen LogP contribution in [0.3, 0.4) is 0 Å². The van der Waals surface area contributed by atoms with E-state index < -0.39 is 0 Å². The van der Waals surface area contributed by atoms with Crippen LogP contribution < -0.4 is 5.32 Å². The Hall–Kier alpha value is -1.04. The molecule has 1 aliphatic carbocycles. The Balaban J connectivity index is 1.22. The summed E-state index contributed by atoms with van der Waals surface area (Å²) in [5.41, 5.74) is 3.11. The van der Waals surface area contributed by atoms with Gasteiger partial charge in [-0.25, -0.2) is 0 Å². The Kier molecular flexibility index (Phi) is 7.54. The molecule has 29 heavy (non-hydrogen) atoms. The smallest absolute Gasteiger partial charge is 0.224 e. The number of piperidine rings is 2. The predicted octanol–water partition coefficient (Wildman–Crippen LogP) is 3.20. The number of hydrogen-bond donors (Lipinski definition) is 1. The number of amides is 1. The van der Waals surface area contributed by atoms with E-state index in [1.165, 1.54) is 51.7 Å². The van der Waals surface area contributed by atoms with Gasteiger partial charge in [0.05, 0.1) is 5.92 Å². The second-order valence-corrected chi connectivity index (χ2v) is 10.1. The lowest BCUT2D eigenvalue weighted by atomic mass is 9.92. The molecule has 4 rings (SSSR count). The zero-order chi connectivity index (χ0) is 20.1. The van der Waals surface area contributed by atoms with Crippen LogP contribution in [0.1, 0.15) is 43.2 Å². The van der Waals surface area contributed by atoms with E-state index in [4.69, 9.17) is 0 Å². The van der Waals surface area contributed by atoms with Gasteiger partial charge in [0.1, 0.15) is 0 Å². The van der Waals surface area contributed by atoms with Gasteiger partial charge in [0.2, 0.25) is 5.91 Å². The van der Waals surface area contributed by atoms with Crippen LogP contribution in [0.5, 0.6) is 0 Å². The van der Waals surface area contributed by atoms with Crippen molar-refractivity contribution < 1.29 is 4.79 Å². The lowest BCUT2D eigenvalue weighted by molar-refractivity contribution is -0.127. The van der Waals surface area contributed by atoms with Gasteiger partial charge >= 0.3 is 0 Å². The molecule has 2 saturated heterocycles. The molecule has 160 valence electrons. The summed E-state index contributed by atoms with van der Waals surface area (Å²) in [7, 11) is 0. The average molecular weight is 416 g/mol. The number of nitrogens with zero attached hydrogens (tertiary/aromatic N) is 2. The van der Waals surface area contributed by atoms with E-state index in [0.717, 1.165) is 31.7 Å². The Morgan fingerprint density at radius 1 is 1.03 bits per heavy atom. The Morgan fingerprint density at radius 2 is 1.76 bits per heavy atom. The van der Waals surface area contributed by atoms with Gasteiger partial charge in [-0.1, -0.05) is 24.3 Å². The van der Waals surface area contributed by atoms with E-state index in [9.17, 15) is 4.79 Å². The monoisotopic (exact) mass is 415 g/mol. The van der Waals surface area contributed by atoms with Crippen molar-refractivity contribution in [1.82, 2.24) is 15.1 Å². The summed E-state index contributed by atoms with van der Waals surface area (Å²) in [5, 5.41) is 3.18. The number of carbonyl (C=O) groups excluding carboxylic acids is 1. The van der Waals surface area contributed by atoms with Crippen molar-refractivity contribution in [1.29, 1.82) is 0 Å². The largest absolute Gasteiger partial charge is 0.356 e. The SMILES string of the molecule is CSCCCNC(=O)[C@@H]1CCCN(C2CCN(C3Cc4ccccc4C3)CC2)C1. The molecule has 2 fully saturated rings. The van der Waals surface area contributed by atoms with Crippen LogP contribution >= 0.6 is 11.8 Å². The van der Waals surface area contributed by atoms with Gasteiger partial charge in [0.15, 0.2) is 0 Å². The first-order valence-electron chi connectivity index (χ1n) is 11.6. The highest BCUT2D eigenvalue weighted by molar-refractivity contribution is 7.98. The van der Waals surface area contributed by atoms with Crippen LogP contribution in [-0.2, 0) is 17.6 Å². The number of hydrogen-bond acceptors (Lipinski definition) is 4. The fourth-order valence-electron chi connectivity index (χ4n) is 5.53. The molecule has 0 aromatic heterocycles. The molecule has 1 N–H and O–H groups in total. The van der Waals surface area contributed by atoms with Crippen molar-refractivity contribution in [3.63, 3.8) is 0 Å². The molecular weight excluding hydrogens is 378 g/mol. The van der Waals surface area contributed by atoms with Gasteiger partial charge in [-0.3, -0.25) is 14.6 Å². The van der Waals surface area contributed by atoms with Crippen LogP contribution in [0.2, 0.25) is 0 Å². The summed E-state index contributed by atoms with van der Waals surface area (Å²) in [6.07, 6.45) is 10.4. The second-order valence-electron chi connectivity index (χ2n) is 9.07. The molecule has 0 saturated carbocycles. The highest BCUT2D eigenvalue weighted by atomic mass is 32.2. The van der Waals surface area contributed by atoms with Crippen LogP contribution in [0, 0.1) is 5.92 Å². The van der Waals surface area contributed by atoms with Crippen molar-refractivity contribution >= 4 is 17.7 Å². The number of rotatable bonds is 7. The summed E-state index contributed by atoms with van der Waals surface area (Å²) in [6, 6.07) is 10.3. The van der Waals surface area contributed by atoms with Crippen LogP contribution in [-0.4, -0.2) is 72.5 Å². The van der Waals surface area contributed by atoms with Gasteiger partial charge in [0.25, 0.3) is 0 Å². The fraction of sp³-hybridized carbons (Fsp3) is 0.708. The first-order chi connectivity index (χ1) is 14.2. The molecule has 1 aromatic carbocycles. The highest BCUT2D eigenvalue weighted by Gasteiger charge is 2.34. The first-order valence-corrected chi connectivity index (χ1v) is 13.0. The van der Waals surface area contributed by atoms with Crippen molar-refractivity contribution in [2.45, 2.75) is 57.0 Å². The molecule has 0 spiro atoms. The third kappa shape index (κ3) is 5.36. The van der Waals surface area contributed by atoms with E-state index in [-0.39, 0.29) is 11.8 Å². The highest BCUT2D eigenvalue weighted by Crippen LogP contribution is 2.29. The van der Waals surface area contributed by atoms with Gasteiger partial charge in [0, 0.05) is 25.2 Å². The Bertz CT molecular complexity index is 649. The molecule has 1 aromatic rings. The molecule has 2 aliphatic heterocycles. The summed E-state index contributed by atoms with van der Waals surface area (Å²) in [6.45, 7) is 5.40. The van der Waals surface area contributed by atoms with E-state index in [2.05, 4.69) is 45.6 Å². The average Bonchev–Trinajstić information content (AvgIpc) is 3.21. The van der Waals surface area contributed by atoms with Gasteiger partial charge in [-0.2, -0.15) is 11.8 Å². The maximum absolute atomic E-state index is 12.6. The normalized spacial score (nSPS) is 24.5. The van der Waals surface area contributed by atoms with Crippen molar-refractivity contribution in [3.8, 4) is 0 Å². The molecule has 4 nitrogen and oxygen atoms in total. The molecule has 0 unspecified atom stereocenters. The van der Waals surface area contributed by atoms with Gasteiger partial charge in [-0.05, 0) is 87.7 Å². The predicted molar refractivity (Wildman–Crippen MR) is 123 cm³/mol. The second kappa shape index (κ2) is 10.3. The number of carbonyl (C=O) groups is 1. The molecule has 3 aliphatic rings. The molecule has 1 atom stereocenters. The first kappa shape index (κ1) is 21.2. The van der Waals surface area contributed by atoms with E-state index in [0.29, 0.717) is 12.1 Å². The molecule has 0 bridgehead atoms. The van der Waals surface area contributed by atoms with Crippen LogP contribution in [0.15, 0.2) is 24.3 Å². The summed E-state index contributed by atoms with van der Waals surface area (Å²) in [5.74, 6) is 1.61. The number of nitrogens with one attached hydrogen (secondary N) is 1. The quantitative estimate of drug-likeness (QED) is 0.694.